The first-order valence-electron chi connectivity index (χ1n) is 13.0. The van der Waals surface area contributed by atoms with Crippen LogP contribution in [-0.4, -0.2) is 35.6 Å². The summed E-state index contributed by atoms with van der Waals surface area (Å²) in [6, 6.07) is 21.0. The van der Waals surface area contributed by atoms with E-state index in [9.17, 15) is 23.6 Å². The van der Waals surface area contributed by atoms with Crippen LogP contribution in [0.25, 0.3) is 0 Å². The van der Waals surface area contributed by atoms with Crippen LogP contribution in [0.15, 0.2) is 78.9 Å². The highest BCUT2D eigenvalue weighted by Gasteiger charge is 2.50. The van der Waals surface area contributed by atoms with Gasteiger partial charge in [-0.1, -0.05) is 30.3 Å². The maximum absolute atomic E-state index is 13.3. The molecule has 0 radical (unpaired) electrons. The molecule has 5 rings (SSSR count). The Hall–Kier alpha value is -3.84. The van der Waals surface area contributed by atoms with Crippen molar-refractivity contribution in [2.24, 2.45) is 11.8 Å². The summed E-state index contributed by atoms with van der Waals surface area (Å²) in [6.45, 7) is 0. The van der Waals surface area contributed by atoms with E-state index in [2.05, 4.69) is 12.1 Å². The first kappa shape index (κ1) is 26.8. The van der Waals surface area contributed by atoms with Crippen LogP contribution in [0, 0.1) is 17.7 Å². The molecule has 8 heteroatoms. The van der Waals surface area contributed by atoms with Crippen molar-refractivity contribution < 1.29 is 28.3 Å². The largest absolute Gasteiger partial charge is 0.450 e. The number of hydrogen-bond donors (Lipinski definition) is 0. The second-order valence-electron chi connectivity index (χ2n) is 9.94. The molecule has 3 aromatic carbocycles. The Bertz CT molecular complexity index is 1380. The van der Waals surface area contributed by atoms with E-state index in [0.29, 0.717) is 18.5 Å². The number of carbonyl (C=O) groups is 4. The Kier molecular flexibility index (Phi) is 7.89. The molecule has 6 nitrogen and oxygen atoms in total. The molecule has 1 saturated carbocycles. The number of hydrogen-bond acceptors (Lipinski definition) is 5. The van der Waals surface area contributed by atoms with Crippen LogP contribution < -0.4 is 4.90 Å². The number of alkyl halides is 1. The number of esters is 1. The number of Topliss-reactive ketones (excluding diaryl/α,β-unsaturated/α-hetero) is 1. The quantitative estimate of drug-likeness (QED) is 0.151. The lowest BCUT2D eigenvalue weighted by Crippen LogP contribution is -2.31. The number of rotatable bonds is 8. The van der Waals surface area contributed by atoms with E-state index in [1.54, 1.807) is 0 Å². The second kappa shape index (κ2) is 11.5. The molecule has 2 amide bonds. The van der Waals surface area contributed by atoms with Gasteiger partial charge in [0.15, 0.2) is 6.10 Å². The molecule has 2 fully saturated rings. The van der Waals surface area contributed by atoms with Crippen LogP contribution in [0.3, 0.4) is 0 Å². The number of ketones is 1. The van der Waals surface area contributed by atoms with Crippen LogP contribution >= 0.6 is 11.6 Å². The summed E-state index contributed by atoms with van der Waals surface area (Å²) in [5, 5.41) is 0. The van der Waals surface area contributed by atoms with Crippen LogP contribution in [-0.2, 0) is 14.3 Å². The summed E-state index contributed by atoms with van der Waals surface area (Å²) in [4.78, 5) is 53.4. The molecule has 4 atom stereocenters. The summed E-state index contributed by atoms with van der Waals surface area (Å²) in [5.41, 5.74) is 1.94. The van der Waals surface area contributed by atoms with Crippen LogP contribution in [0.2, 0.25) is 0 Å². The average Bonchev–Trinajstić information content (AvgIpc) is 3.22. The van der Waals surface area contributed by atoms with Crippen molar-refractivity contribution in [1.82, 2.24) is 0 Å². The molecular formula is C31H27ClFNO5. The summed E-state index contributed by atoms with van der Waals surface area (Å²) in [5.74, 6) is -2.52. The van der Waals surface area contributed by atoms with Crippen molar-refractivity contribution in [3.05, 3.63) is 101 Å². The Morgan fingerprint density at radius 3 is 2.18 bits per heavy atom. The third-order valence-electron chi connectivity index (χ3n) is 7.60. The monoisotopic (exact) mass is 547 g/mol. The lowest BCUT2D eigenvalue weighted by Gasteiger charge is -2.28. The van der Waals surface area contributed by atoms with Gasteiger partial charge in [-0.05, 0) is 79.3 Å². The fourth-order valence-electron chi connectivity index (χ4n) is 5.55. The van der Waals surface area contributed by atoms with Crippen LogP contribution in [0.4, 0.5) is 10.1 Å². The normalized spacial score (nSPS) is 21.4. The Balaban J connectivity index is 1.27. The van der Waals surface area contributed by atoms with Crippen molar-refractivity contribution in [3.63, 3.8) is 0 Å². The topological polar surface area (TPSA) is 80.8 Å². The number of anilines is 1. The third-order valence-corrected chi connectivity index (χ3v) is 7.82. The lowest BCUT2D eigenvalue weighted by atomic mass is 9.73. The van der Waals surface area contributed by atoms with Gasteiger partial charge in [-0.15, -0.1) is 11.6 Å². The molecular weight excluding hydrogens is 521 g/mol. The minimum atomic E-state index is -1.14. The highest BCUT2D eigenvalue weighted by molar-refractivity contribution is 6.22. The van der Waals surface area contributed by atoms with Gasteiger partial charge in [0.05, 0.1) is 23.1 Å². The van der Waals surface area contributed by atoms with Gasteiger partial charge in [0, 0.05) is 17.9 Å². The van der Waals surface area contributed by atoms with Gasteiger partial charge in [-0.25, -0.2) is 9.18 Å². The molecule has 2 aliphatic rings. The fourth-order valence-corrected chi connectivity index (χ4v) is 5.75. The maximum Gasteiger partial charge on any atom is 0.338 e. The predicted molar refractivity (Wildman–Crippen MR) is 144 cm³/mol. The van der Waals surface area contributed by atoms with E-state index in [4.69, 9.17) is 16.3 Å². The number of halogens is 2. The van der Waals surface area contributed by atoms with Crippen molar-refractivity contribution in [1.29, 1.82) is 0 Å². The van der Waals surface area contributed by atoms with Gasteiger partial charge in [0.2, 0.25) is 17.6 Å². The molecule has 200 valence electrons. The van der Waals surface area contributed by atoms with Gasteiger partial charge in [-0.3, -0.25) is 19.3 Å². The molecule has 0 N–H and O–H groups in total. The van der Waals surface area contributed by atoms with Gasteiger partial charge in [0.1, 0.15) is 5.82 Å². The molecule has 1 aliphatic carbocycles. The zero-order chi connectivity index (χ0) is 27.5. The van der Waals surface area contributed by atoms with Crippen molar-refractivity contribution in [3.8, 4) is 0 Å². The van der Waals surface area contributed by atoms with Crippen LogP contribution in [0.1, 0.15) is 57.9 Å². The van der Waals surface area contributed by atoms with Crippen LogP contribution in [0.5, 0.6) is 0 Å². The fraction of sp³-hybridized carbons (Fsp3) is 0.290. The third kappa shape index (κ3) is 5.50. The smallest absolute Gasteiger partial charge is 0.338 e. The average molecular weight is 548 g/mol. The van der Waals surface area contributed by atoms with Gasteiger partial charge < -0.3 is 4.74 Å². The molecule has 0 bridgehead atoms. The minimum Gasteiger partial charge on any atom is -0.450 e. The predicted octanol–water partition coefficient (Wildman–Crippen LogP) is 5.94. The zero-order valence-corrected chi connectivity index (χ0v) is 21.9. The molecule has 0 aromatic heterocycles. The number of nitrogens with zero attached hydrogens (tertiary/aromatic N) is 1. The summed E-state index contributed by atoms with van der Waals surface area (Å²) in [7, 11) is 0. The first-order valence-corrected chi connectivity index (χ1v) is 13.5. The second-order valence-corrected chi connectivity index (χ2v) is 10.3. The molecule has 3 aromatic rings. The highest BCUT2D eigenvalue weighted by atomic mass is 35.5. The van der Waals surface area contributed by atoms with Crippen molar-refractivity contribution in [2.75, 3.05) is 10.8 Å². The lowest BCUT2D eigenvalue weighted by molar-refractivity contribution is -0.122. The summed E-state index contributed by atoms with van der Waals surface area (Å²) >= 11 is 5.83. The molecule has 39 heavy (non-hydrogen) atoms. The highest BCUT2D eigenvalue weighted by Crippen LogP contribution is 2.45. The number of fused-ring (bicyclic) bond motifs is 1. The van der Waals surface area contributed by atoms with E-state index >= 15 is 0 Å². The molecule has 1 aliphatic heterocycles. The maximum atomic E-state index is 13.3. The number of amides is 2. The standard InChI is InChI=1S/C31H27ClFNO5/c32-17-16-27(28(35)20-6-11-23(33)12-7-20)39-31(38)21-8-13-24(14-9-21)34-29(36)25-15-10-22(18-26(25)30(34)37)19-4-2-1-3-5-19/h1-9,11-14,22,25-27H,10,15-18H2/t22-,25-,26+,27-/m1/s1. The summed E-state index contributed by atoms with van der Waals surface area (Å²) in [6.07, 6.45) is 1.08. The Morgan fingerprint density at radius 2 is 1.51 bits per heavy atom. The SMILES string of the molecule is O=C(O[C@H](CCCl)C(=O)c1ccc(F)cc1)c1ccc(N2C(=O)[C@H]3C[C@H](c4ccccc4)CC[C@H]3C2=O)cc1. The summed E-state index contributed by atoms with van der Waals surface area (Å²) < 4.78 is 18.7. The van der Waals surface area contributed by atoms with E-state index in [-0.39, 0.29) is 53.0 Å². The molecule has 0 unspecified atom stereocenters. The van der Waals surface area contributed by atoms with E-state index in [0.717, 1.165) is 18.6 Å². The van der Waals surface area contributed by atoms with Gasteiger partial charge in [0.25, 0.3) is 0 Å². The molecule has 1 saturated heterocycles. The Labute approximate surface area is 230 Å². The number of imide groups is 1. The van der Waals surface area contributed by atoms with E-state index in [1.165, 1.54) is 46.9 Å². The van der Waals surface area contributed by atoms with Crippen molar-refractivity contribution in [2.45, 2.75) is 37.7 Å². The Morgan fingerprint density at radius 1 is 0.872 bits per heavy atom. The van der Waals surface area contributed by atoms with Gasteiger partial charge in [-0.2, -0.15) is 0 Å². The van der Waals surface area contributed by atoms with Crippen molar-refractivity contribution >= 4 is 40.9 Å². The van der Waals surface area contributed by atoms with E-state index in [1.807, 2.05) is 18.2 Å². The zero-order valence-electron chi connectivity index (χ0n) is 21.1. The molecule has 0 spiro atoms. The number of carbonyl (C=O) groups excluding carboxylic acids is 4. The van der Waals surface area contributed by atoms with E-state index < -0.39 is 23.7 Å². The number of benzene rings is 3. The van der Waals surface area contributed by atoms with Gasteiger partial charge >= 0.3 is 5.97 Å². The first-order chi connectivity index (χ1) is 18.9. The molecule has 1 heterocycles. The number of ether oxygens (including phenoxy) is 1. The minimum absolute atomic E-state index is 0.0798.